The van der Waals surface area contributed by atoms with Crippen LogP contribution in [-0.4, -0.2) is 0 Å². The van der Waals surface area contributed by atoms with Gasteiger partial charge in [0.25, 0.3) is 0 Å². The Morgan fingerprint density at radius 1 is 0.511 bits per heavy atom. The van der Waals surface area contributed by atoms with Crippen LogP contribution in [0.25, 0.3) is 21.9 Å². The smallest absolute Gasteiger partial charge is 0.0546 e. The van der Waals surface area contributed by atoms with Crippen molar-refractivity contribution in [2.75, 3.05) is 4.90 Å². The maximum absolute atomic E-state index is 3.67. The fourth-order valence-corrected chi connectivity index (χ4v) is 9.43. The number of hydrogen-bond acceptors (Lipinski definition) is 1. The summed E-state index contributed by atoms with van der Waals surface area (Å²) >= 11 is 7.34. The van der Waals surface area contributed by atoms with Gasteiger partial charge in [0, 0.05) is 31.3 Å². The summed E-state index contributed by atoms with van der Waals surface area (Å²) in [5, 5.41) is 2.49. The number of halogens is 2. The Kier molecular flexibility index (Phi) is 6.71. The first-order valence-electron chi connectivity index (χ1n) is 16.1. The van der Waals surface area contributed by atoms with Crippen LogP contribution in [0, 0.1) is 10.8 Å². The van der Waals surface area contributed by atoms with Gasteiger partial charge in [-0.3, -0.25) is 0 Å². The van der Waals surface area contributed by atoms with Crippen molar-refractivity contribution in [3.8, 4) is 11.1 Å². The highest BCUT2D eigenvalue weighted by molar-refractivity contribution is 9.10. The molecular formula is C42H43Br2N. The van der Waals surface area contributed by atoms with Gasteiger partial charge in [0.1, 0.15) is 0 Å². The van der Waals surface area contributed by atoms with Crippen LogP contribution < -0.4 is 4.90 Å². The summed E-state index contributed by atoms with van der Waals surface area (Å²) < 4.78 is 2.14. The monoisotopic (exact) mass is 719 g/mol. The Hall–Kier alpha value is -2.88. The molecule has 0 heterocycles. The highest BCUT2D eigenvalue weighted by atomic mass is 79.9. The molecule has 0 saturated carbocycles. The predicted octanol–water partition coefficient (Wildman–Crippen LogP) is 13.4. The van der Waals surface area contributed by atoms with Crippen molar-refractivity contribution < 1.29 is 0 Å². The third kappa shape index (κ3) is 3.96. The second-order valence-corrected chi connectivity index (χ2v) is 17.4. The van der Waals surface area contributed by atoms with Gasteiger partial charge in [-0.05, 0) is 115 Å². The van der Waals surface area contributed by atoms with Crippen molar-refractivity contribution in [1.29, 1.82) is 0 Å². The molecule has 0 atom stereocenters. The van der Waals surface area contributed by atoms with Crippen molar-refractivity contribution >= 4 is 59.7 Å². The maximum atomic E-state index is 3.67. The normalized spacial score (nSPS) is 19.4. The summed E-state index contributed by atoms with van der Waals surface area (Å²) in [5.74, 6) is 0. The molecule has 5 aromatic rings. The van der Waals surface area contributed by atoms with Gasteiger partial charge in [-0.25, -0.2) is 0 Å². The minimum atomic E-state index is 0.00370. The average Bonchev–Trinajstić information content (AvgIpc) is 3.21. The summed E-state index contributed by atoms with van der Waals surface area (Å²) in [6.07, 6.45) is 0. The minimum absolute atomic E-state index is 0.00370. The van der Waals surface area contributed by atoms with E-state index in [0.29, 0.717) is 0 Å². The highest BCUT2D eigenvalue weighted by Gasteiger charge is 2.72. The van der Waals surface area contributed by atoms with Gasteiger partial charge in [0.2, 0.25) is 0 Å². The van der Waals surface area contributed by atoms with Crippen molar-refractivity contribution in [2.24, 2.45) is 10.8 Å². The molecular weight excluding hydrogens is 678 g/mol. The zero-order chi connectivity index (χ0) is 32.3. The fourth-order valence-electron chi connectivity index (χ4n) is 8.90. The lowest BCUT2D eigenvalue weighted by atomic mass is 9.47. The molecule has 0 amide bonds. The summed E-state index contributed by atoms with van der Waals surface area (Å²) in [7, 11) is 0. The number of nitrogens with zero attached hydrogens (tertiary/aromatic N) is 1. The molecule has 0 fully saturated rings. The molecule has 3 heteroatoms. The third-order valence-electron chi connectivity index (χ3n) is 13.2. The Bertz CT molecular complexity index is 1880. The van der Waals surface area contributed by atoms with E-state index >= 15 is 0 Å². The Morgan fingerprint density at radius 2 is 0.933 bits per heavy atom. The van der Waals surface area contributed by atoms with Crippen molar-refractivity contribution in [3.63, 3.8) is 0 Å². The molecule has 0 bridgehead atoms. The van der Waals surface area contributed by atoms with Crippen LogP contribution in [0.1, 0.15) is 79.0 Å². The third-order valence-corrected chi connectivity index (χ3v) is 14.3. The summed E-state index contributed by atoms with van der Waals surface area (Å²) in [6.45, 7) is 22.6. The van der Waals surface area contributed by atoms with Crippen molar-refractivity contribution in [2.45, 2.75) is 78.6 Å². The molecule has 0 saturated heterocycles. The van der Waals surface area contributed by atoms with E-state index in [1.807, 2.05) is 0 Å². The molecule has 45 heavy (non-hydrogen) atoms. The predicted molar refractivity (Wildman–Crippen MR) is 200 cm³/mol. The molecule has 230 valence electrons. The van der Waals surface area contributed by atoms with Crippen LogP contribution in [0.3, 0.4) is 0 Å². The Balaban J connectivity index is 1.58. The van der Waals surface area contributed by atoms with Gasteiger partial charge in [-0.15, -0.1) is 0 Å². The molecule has 7 rings (SSSR count). The first-order chi connectivity index (χ1) is 21.0. The number of anilines is 3. The van der Waals surface area contributed by atoms with E-state index in [9.17, 15) is 0 Å². The summed E-state index contributed by atoms with van der Waals surface area (Å²) in [5.41, 5.74) is 10.8. The van der Waals surface area contributed by atoms with Crippen LogP contribution in [-0.2, 0) is 16.2 Å². The molecule has 1 nitrogen and oxygen atoms in total. The molecule has 0 unspecified atom stereocenters. The van der Waals surface area contributed by atoms with Gasteiger partial charge in [0.15, 0.2) is 0 Å². The Labute approximate surface area is 286 Å². The molecule has 5 aromatic carbocycles. The quantitative estimate of drug-likeness (QED) is 0.179. The van der Waals surface area contributed by atoms with Gasteiger partial charge in [-0.1, -0.05) is 131 Å². The van der Waals surface area contributed by atoms with Crippen molar-refractivity contribution in [1.82, 2.24) is 0 Å². The fraction of sp³-hybridized carbons (Fsp3) is 0.333. The van der Waals surface area contributed by atoms with Crippen LogP contribution >= 0.6 is 31.9 Å². The zero-order valence-corrected chi connectivity index (χ0v) is 31.1. The van der Waals surface area contributed by atoms with E-state index in [1.54, 1.807) is 5.56 Å². The standard InChI is InChI=1S/C42H43Br2N/c1-38(2)34-23-28(24-35-37(34)42(9,40(38,5)6)41(7,8)39(35,3)4)33-22-26-12-10-11-13-27(26)25-36(33)45(31-18-14-29(43)15-19-31)32-20-16-30(44)17-21-32/h10-25H,1-9H3. The van der Waals surface area contributed by atoms with E-state index in [1.165, 1.54) is 38.7 Å². The lowest BCUT2D eigenvalue weighted by Crippen LogP contribution is -2.55. The summed E-state index contributed by atoms with van der Waals surface area (Å²) in [4.78, 5) is 2.42. The van der Waals surface area contributed by atoms with Crippen LogP contribution in [0.5, 0.6) is 0 Å². The minimum Gasteiger partial charge on any atom is -0.310 e. The molecule has 0 radical (unpaired) electrons. The van der Waals surface area contributed by atoms with Crippen LogP contribution in [0.4, 0.5) is 17.1 Å². The molecule has 0 aromatic heterocycles. The van der Waals surface area contributed by atoms with E-state index in [4.69, 9.17) is 0 Å². The largest absolute Gasteiger partial charge is 0.310 e. The van der Waals surface area contributed by atoms with E-state index in [2.05, 4.69) is 196 Å². The molecule has 0 N–H and O–H groups in total. The van der Waals surface area contributed by atoms with Crippen LogP contribution in [0.15, 0.2) is 106 Å². The second kappa shape index (κ2) is 9.81. The zero-order valence-electron chi connectivity index (χ0n) is 27.9. The van der Waals surface area contributed by atoms with Gasteiger partial charge in [-0.2, -0.15) is 0 Å². The molecule has 2 aliphatic rings. The first kappa shape index (κ1) is 30.8. The maximum Gasteiger partial charge on any atom is 0.0546 e. The number of rotatable bonds is 4. The van der Waals surface area contributed by atoms with Gasteiger partial charge >= 0.3 is 0 Å². The SMILES string of the molecule is CC1(C)c2cc(-c3cc4ccccc4cc3N(c3ccc(Br)cc3)c3ccc(Br)cc3)cc3c2C(C)(C1(C)C)C(C)(C)C3(C)C. The number of benzene rings is 5. The lowest BCUT2D eigenvalue weighted by Gasteiger charge is -2.56. The number of hydrogen-bond donors (Lipinski definition) is 0. The second-order valence-electron chi connectivity index (χ2n) is 15.6. The Morgan fingerprint density at radius 3 is 1.38 bits per heavy atom. The number of fused-ring (bicyclic) bond motifs is 1. The van der Waals surface area contributed by atoms with Crippen LogP contribution in [0.2, 0.25) is 0 Å². The van der Waals surface area contributed by atoms with Crippen molar-refractivity contribution in [3.05, 3.63) is 123 Å². The van der Waals surface area contributed by atoms with Gasteiger partial charge in [0.05, 0.1) is 5.69 Å². The molecule has 2 aliphatic carbocycles. The summed E-state index contributed by atoms with van der Waals surface area (Å²) in [6, 6.07) is 36.0. The highest BCUT2D eigenvalue weighted by Crippen LogP contribution is 2.76. The van der Waals surface area contributed by atoms with E-state index in [0.717, 1.165) is 20.3 Å². The lowest BCUT2D eigenvalue weighted by molar-refractivity contribution is -0.0105. The van der Waals surface area contributed by atoms with E-state index in [-0.39, 0.29) is 27.1 Å². The first-order valence-corrected chi connectivity index (χ1v) is 17.7. The molecule has 0 spiro atoms. The van der Waals surface area contributed by atoms with E-state index < -0.39 is 0 Å². The average molecular weight is 722 g/mol. The van der Waals surface area contributed by atoms with Gasteiger partial charge < -0.3 is 4.90 Å². The topological polar surface area (TPSA) is 3.24 Å². The molecule has 0 aliphatic heterocycles.